The SMILES string of the molecule is CCCCCCCCCCCC(=O)O.C[C](C)(C)[Sn]([C](C)(C)C)[C](C)(C)C. The van der Waals surface area contributed by atoms with Gasteiger partial charge in [-0.3, -0.25) is 4.79 Å². The van der Waals surface area contributed by atoms with Crippen molar-refractivity contribution in [3.05, 3.63) is 0 Å². The van der Waals surface area contributed by atoms with Crippen molar-refractivity contribution in [2.45, 2.75) is 144 Å². The van der Waals surface area contributed by atoms with Crippen LogP contribution >= 0.6 is 0 Å². The van der Waals surface area contributed by atoms with E-state index >= 15 is 0 Å². The van der Waals surface area contributed by atoms with Gasteiger partial charge in [-0.1, -0.05) is 58.3 Å². The summed E-state index contributed by atoms with van der Waals surface area (Å²) in [6, 6.07) is 0. The molecule has 1 radical (unpaired) electrons. The summed E-state index contributed by atoms with van der Waals surface area (Å²) >= 11 is -1.43. The van der Waals surface area contributed by atoms with Gasteiger partial charge in [0.05, 0.1) is 0 Å². The first-order valence-corrected chi connectivity index (χ1v) is 15.5. The Bertz CT molecular complexity index is 336. The van der Waals surface area contributed by atoms with Crippen molar-refractivity contribution in [1.29, 1.82) is 0 Å². The summed E-state index contributed by atoms with van der Waals surface area (Å²) in [6.07, 6.45) is 11.5. The van der Waals surface area contributed by atoms with Gasteiger partial charge in [0.2, 0.25) is 0 Å². The molecule has 0 atom stereocenters. The van der Waals surface area contributed by atoms with Crippen LogP contribution in [0.15, 0.2) is 0 Å². The van der Waals surface area contributed by atoms with Gasteiger partial charge in [-0.2, -0.15) is 0 Å². The average Bonchev–Trinajstić information content (AvgIpc) is 2.40. The zero-order valence-corrected chi connectivity index (χ0v) is 23.3. The molecule has 0 fully saturated rings. The molecular weight excluding hydrogens is 439 g/mol. The third-order valence-corrected chi connectivity index (χ3v) is 17.6. The Hall–Kier alpha value is 0.269. The summed E-state index contributed by atoms with van der Waals surface area (Å²) in [7, 11) is 0. The van der Waals surface area contributed by atoms with Crippen LogP contribution in [0.2, 0.25) is 10.3 Å². The molecule has 27 heavy (non-hydrogen) atoms. The van der Waals surface area contributed by atoms with Crippen LogP contribution in [0.25, 0.3) is 0 Å². The minimum atomic E-state index is -1.43. The molecule has 2 nitrogen and oxygen atoms in total. The fourth-order valence-electron chi connectivity index (χ4n) is 4.96. The Morgan fingerprint density at radius 1 is 0.630 bits per heavy atom. The van der Waals surface area contributed by atoms with Gasteiger partial charge >= 0.3 is 98.3 Å². The monoisotopic (exact) mass is 491 g/mol. The van der Waals surface area contributed by atoms with Gasteiger partial charge in [0, 0.05) is 6.42 Å². The maximum atomic E-state index is 10.2. The van der Waals surface area contributed by atoms with Crippen LogP contribution in [0.5, 0.6) is 0 Å². The quantitative estimate of drug-likeness (QED) is 0.245. The number of carboxylic acid groups (broad SMARTS) is 1. The zero-order chi connectivity index (χ0) is 21.7. The number of hydrogen-bond donors (Lipinski definition) is 1. The van der Waals surface area contributed by atoms with Gasteiger partial charge in [0.25, 0.3) is 0 Å². The summed E-state index contributed by atoms with van der Waals surface area (Å²) in [5.41, 5.74) is 0. The molecule has 0 saturated heterocycles. The molecule has 163 valence electrons. The van der Waals surface area contributed by atoms with E-state index in [1.165, 1.54) is 44.9 Å². The van der Waals surface area contributed by atoms with E-state index in [-0.39, 0.29) is 0 Å². The van der Waals surface area contributed by atoms with Crippen LogP contribution in [-0.4, -0.2) is 30.8 Å². The van der Waals surface area contributed by atoms with Crippen LogP contribution in [0.3, 0.4) is 0 Å². The van der Waals surface area contributed by atoms with Crippen LogP contribution < -0.4 is 0 Å². The Kier molecular flexibility index (Phi) is 15.6. The molecular formula is C24H51O2Sn. The van der Waals surface area contributed by atoms with Gasteiger partial charge in [-0.25, -0.2) is 0 Å². The van der Waals surface area contributed by atoms with Gasteiger partial charge in [0.15, 0.2) is 0 Å². The number of carboxylic acids is 1. The molecule has 0 rings (SSSR count). The van der Waals surface area contributed by atoms with Crippen molar-refractivity contribution in [2.75, 3.05) is 0 Å². The van der Waals surface area contributed by atoms with Crippen LogP contribution in [0.1, 0.15) is 133 Å². The van der Waals surface area contributed by atoms with E-state index in [9.17, 15) is 4.79 Å². The fraction of sp³-hybridized carbons (Fsp3) is 0.958. The Morgan fingerprint density at radius 2 is 0.926 bits per heavy atom. The maximum absolute atomic E-state index is 10.2. The molecule has 0 saturated carbocycles. The third kappa shape index (κ3) is 18.1. The number of aliphatic carboxylic acids is 1. The van der Waals surface area contributed by atoms with Gasteiger partial charge < -0.3 is 5.11 Å². The van der Waals surface area contributed by atoms with Crippen molar-refractivity contribution < 1.29 is 9.90 Å². The van der Waals surface area contributed by atoms with E-state index in [1.807, 2.05) is 0 Å². The Labute approximate surface area is 179 Å². The summed E-state index contributed by atoms with van der Waals surface area (Å²) in [5.74, 6) is -0.659. The van der Waals surface area contributed by atoms with E-state index in [0.29, 0.717) is 16.7 Å². The molecule has 3 heteroatoms. The van der Waals surface area contributed by atoms with Crippen molar-refractivity contribution in [3.8, 4) is 0 Å². The van der Waals surface area contributed by atoms with Crippen molar-refractivity contribution in [1.82, 2.24) is 0 Å². The summed E-state index contributed by atoms with van der Waals surface area (Å²) < 4.78 is 1.75. The molecule has 1 N–H and O–H groups in total. The van der Waals surface area contributed by atoms with E-state index in [1.54, 1.807) is 0 Å². The second kappa shape index (κ2) is 14.3. The fourth-order valence-corrected chi connectivity index (χ4v) is 24.2. The normalized spacial score (nSPS) is 12.7. The van der Waals surface area contributed by atoms with Gasteiger partial charge in [0.1, 0.15) is 0 Å². The van der Waals surface area contributed by atoms with Crippen LogP contribution in [0.4, 0.5) is 0 Å². The molecule has 0 bridgehead atoms. The number of hydrogen-bond acceptors (Lipinski definition) is 1. The van der Waals surface area contributed by atoms with Crippen LogP contribution in [-0.2, 0) is 4.79 Å². The number of unbranched alkanes of at least 4 members (excludes halogenated alkanes) is 8. The first-order valence-electron chi connectivity index (χ1n) is 11.2. The first-order chi connectivity index (χ1) is 12.1. The van der Waals surface area contributed by atoms with E-state index in [2.05, 4.69) is 69.2 Å². The number of carbonyl (C=O) groups is 1. The average molecular weight is 490 g/mol. The minimum absolute atomic E-state index is 0.343. The van der Waals surface area contributed by atoms with Gasteiger partial charge in [-0.15, -0.1) is 0 Å². The van der Waals surface area contributed by atoms with Crippen LogP contribution in [0, 0.1) is 0 Å². The van der Waals surface area contributed by atoms with E-state index in [0.717, 1.165) is 12.8 Å². The predicted octanol–water partition coefficient (Wildman–Crippen LogP) is 8.87. The molecule has 0 amide bonds. The third-order valence-electron chi connectivity index (χ3n) is 4.74. The summed E-state index contributed by atoms with van der Waals surface area (Å²) in [5, 5.41) is 8.41. The Morgan fingerprint density at radius 3 is 1.15 bits per heavy atom. The second-order valence-corrected chi connectivity index (χ2v) is 26.1. The van der Waals surface area contributed by atoms with Crippen molar-refractivity contribution >= 4 is 25.7 Å². The summed E-state index contributed by atoms with van der Waals surface area (Å²) in [4.78, 5) is 10.2. The van der Waals surface area contributed by atoms with E-state index in [4.69, 9.17) is 5.11 Å². The molecule has 0 unspecified atom stereocenters. The topological polar surface area (TPSA) is 37.3 Å². The molecule has 0 aliphatic carbocycles. The predicted molar refractivity (Wildman–Crippen MR) is 124 cm³/mol. The molecule has 0 aliphatic heterocycles. The molecule has 0 aliphatic rings. The van der Waals surface area contributed by atoms with Gasteiger partial charge in [-0.05, 0) is 6.42 Å². The molecule has 0 aromatic carbocycles. The first kappa shape index (κ1) is 29.5. The molecule has 0 spiro atoms. The van der Waals surface area contributed by atoms with Crippen molar-refractivity contribution in [2.24, 2.45) is 0 Å². The standard InChI is InChI=1S/C12H24O2.3C4H9.Sn/c1-2-3-4-5-6-7-8-9-10-11-12(13)14;3*1-4(2)3;/h2-11H2,1H3,(H,13,14);3*1-3H3;. The summed E-state index contributed by atoms with van der Waals surface area (Å²) in [6.45, 7) is 24.2. The number of rotatable bonds is 10. The molecule has 0 heterocycles. The molecule has 0 aromatic rings. The second-order valence-electron chi connectivity index (χ2n) is 11.1. The van der Waals surface area contributed by atoms with E-state index < -0.39 is 25.7 Å². The zero-order valence-electron chi connectivity index (χ0n) is 20.4. The van der Waals surface area contributed by atoms with Crippen molar-refractivity contribution in [3.63, 3.8) is 0 Å². The molecule has 0 aromatic heterocycles. The Balaban J connectivity index is 0.